The van der Waals surface area contributed by atoms with Gasteiger partial charge in [-0.1, -0.05) is 65.3 Å². The van der Waals surface area contributed by atoms with Crippen LogP contribution in [-0.2, 0) is 0 Å². The SMILES string of the molecule is C[C@H](C(=O)c1ccccc1)[C@H](O)c1ccc(Br)cc1. The second-order valence-corrected chi connectivity index (χ2v) is 5.43. The molecule has 0 radical (unpaired) electrons. The van der Waals surface area contributed by atoms with Crippen LogP contribution in [0.4, 0.5) is 0 Å². The van der Waals surface area contributed by atoms with Gasteiger partial charge in [-0.25, -0.2) is 0 Å². The van der Waals surface area contributed by atoms with E-state index in [1.807, 2.05) is 42.5 Å². The van der Waals surface area contributed by atoms with Crippen molar-refractivity contribution in [3.05, 3.63) is 70.2 Å². The van der Waals surface area contributed by atoms with Gasteiger partial charge in [0.1, 0.15) is 0 Å². The summed E-state index contributed by atoms with van der Waals surface area (Å²) in [5.74, 6) is -0.514. The third-order valence-corrected chi connectivity index (χ3v) is 3.69. The summed E-state index contributed by atoms with van der Waals surface area (Å²) in [6.07, 6.45) is -0.791. The molecule has 0 saturated heterocycles. The first-order valence-corrected chi connectivity index (χ1v) is 6.91. The number of rotatable bonds is 4. The van der Waals surface area contributed by atoms with E-state index in [1.165, 1.54) is 0 Å². The van der Waals surface area contributed by atoms with Gasteiger partial charge in [0.2, 0.25) is 0 Å². The smallest absolute Gasteiger partial charge is 0.168 e. The third kappa shape index (κ3) is 3.31. The maximum atomic E-state index is 12.3. The van der Waals surface area contributed by atoms with Crippen LogP contribution in [0.1, 0.15) is 28.9 Å². The molecule has 2 atom stereocenters. The molecule has 2 rings (SSSR count). The van der Waals surface area contributed by atoms with Crippen LogP contribution in [0.5, 0.6) is 0 Å². The maximum absolute atomic E-state index is 12.3. The molecule has 0 unspecified atom stereocenters. The van der Waals surface area contributed by atoms with Gasteiger partial charge in [-0.3, -0.25) is 4.79 Å². The third-order valence-electron chi connectivity index (χ3n) is 3.16. The Balaban J connectivity index is 2.17. The van der Waals surface area contributed by atoms with Gasteiger partial charge in [0.05, 0.1) is 6.10 Å². The summed E-state index contributed by atoms with van der Waals surface area (Å²) in [4.78, 5) is 12.3. The highest BCUT2D eigenvalue weighted by atomic mass is 79.9. The molecule has 19 heavy (non-hydrogen) atoms. The van der Waals surface area contributed by atoms with Gasteiger partial charge in [0, 0.05) is 16.0 Å². The number of benzene rings is 2. The van der Waals surface area contributed by atoms with E-state index in [2.05, 4.69) is 15.9 Å². The van der Waals surface area contributed by atoms with Crippen molar-refractivity contribution < 1.29 is 9.90 Å². The number of carbonyl (C=O) groups is 1. The van der Waals surface area contributed by atoms with Crippen molar-refractivity contribution in [2.45, 2.75) is 13.0 Å². The van der Waals surface area contributed by atoms with Crippen LogP contribution < -0.4 is 0 Å². The Morgan fingerprint density at radius 2 is 1.63 bits per heavy atom. The molecule has 0 spiro atoms. The van der Waals surface area contributed by atoms with Gasteiger partial charge in [0.25, 0.3) is 0 Å². The van der Waals surface area contributed by atoms with Crippen LogP contribution in [0.15, 0.2) is 59.1 Å². The molecule has 0 aliphatic heterocycles. The lowest BCUT2D eigenvalue weighted by atomic mass is 9.90. The number of hydrogen-bond acceptors (Lipinski definition) is 2. The van der Waals surface area contributed by atoms with E-state index in [-0.39, 0.29) is 5.78 Å². The molecule has 0 saturated carbocycles. The lowest BCUT2D eigenvalue weighted by Gasteiger charge is -2.18. The molecule has 2 aromatic carbocycles. The largest absolute Gasteiger partial charge is 0.388 e. The fourth-order valence-corrected chi connectivity index (χ4v) is 2.22. The van der Waals surface area contributed by atoms with E-state index in [0.29, 0.717) is 5.56 Å². The predicted molar refractivity (Wildman–Crippen MR) is 79.0 cm³/mol. The van der Waals surface area contributed by atoms with Crippen LogP contribution in [-0.4, -0.2) is 10.9 Å². The van der Waals surface area contributed by atoms with Crippen molar-refractivity contribution in [1.29, 1.82) is 0 Å². The van der Waals surface area contributed by atoms with Crippen LogP contribution in [0.25, 0.3) is 0 Å². The summed E-state index contributed by atoms with van der Waals surface area (Å²) in [6.45, 7) is 1.75. The minimum Gasteiger partial charge on any atom is -0.388 e. The Bertz CT molecular complexity index is 549. The Morgan fingerprint density at radius 1 is 1.05 bits per heavy atom. The molecule has 2 nitrogen and oxygen atoms in total. The second kappa shape index (κ2) is 6.13. The maximum Gasteiger partial charge on any atom is 0.168 e. The van der Waals surface area contributed by atoms with Crippen LogP contribution in [0.2, 0.25) is 0 Å². The number of aliphatic hydroxyl groups excluding tert-OH is 1. The molecular formula is C16H15BrO2. The minimum atomic E-state index is -0.791. The highest BCUT2D eigenvalue weighted by Crippen LogP contribution is 2.26. The molecule has 0 fully saturated rings. The quantitative estimate of drug-likeness (QED) is 0.865. The van der Waals surface area contributed by atoms with E-state index in [0.717, 1.165) is 10.0 Å². The van der Waals surface area contributed by atoms with E-state index >= 15 is 0 Å². The highest BCUT2D eigenvalue weighted by Gasteiger charge is 2.24. The van der Waals surface area contributed by atoms with E-state index in [1.54, 1.807) is 19.1 Å². The van der Waals surface area contributed by atoms with Crippen molar-refractivity contribution in [1.82, 2.24) is 0 Å². The summed E-state index contributed by atoms with van der Waals surface area (Å²) >= 11 is 3.35. The second-order valence-electron chi connectivity index (χ2n) is 4.52. The summed E-state index contributed by atoms with van der Waals surface area (Å²) in [7, 11) is 0. The Hall–Kier alpha value is -1.45. The number of hydrogen-bond donors (Lipinski definition) is 1. The monoisotopic (exact) mass is 318 g/mol. The van der Waals surface area contributed by atoms with Crippen molar-refractivity contribution in [2.75, 3.05) is 0 Å². The average Bonchev–Trinajstić information content (AvgIpc) is 2.46. The number of halogens is 1. The molecule has 0 amide bonds. The molecule has 2 aromatic rings. The van der Waals surface area contributed by atoms with E-state index < -0.39 is 12.0 Å². The number of Topliss-reactive ketones (excluding diaryl/α,β-unsaturated/α-hetero) is 1. The van der Waals surface area contributed by atoms with E-state index in [9.17, 15) is 9.90 Å². The number of aliphatic hydroxyl groups is 1. The van der Waals surface area contributed by atoms with Gasteiger partial charge < -0.3 is 5.11 Å². The fraction of sp³-hybridized carbons (Fsp3) is 0.188. The summed E-state index contributed by atoms with van der Waals surface area (Å²) < 4.78 is 0.950. The molecule has 0 aliphatic rings. The minimum absolute atomic E-state index is 0.0454. The van der Waals surface area contributed by atoms with Gasteiger partial charge in [-0.05, 0) is 17.7 Å². The van der Waals surface area contributed by atoms with Crippen LogP contribution in [0, 0.1) is 5.92 Å². The van der Waals surface area contributed by atoms with Crippen molar-refractivity contribution >= 4 is 21.7 Å². The number of ketones is 1. The normalized spacial score (nSPS) is 13.8. The lowest BCUT2D eigenvalue weighted by Crippen LogP contribution is -2.19. The van der Waals surface area contributed by atoms with Crippen LogP contribution >= 0.6 is 15.9 Å². The zero-order chi connectivity index (χ0) is 13.8. The van der Waals surface area contributed by atoms with Gasteiger partial charge in [-0.2, -0.15) is 0 Å². The molecular weight excluding hydrogens is 304 g/mol. The lowest BCUT2D eigenvalue weighted by molar-refractivity contribution is 0.0713. The summed E-state index contributed by atoms with van der Waals surface area (Å²) in [6, 6.07) is 16.4. The standard InChI is InChI=1S/C16H15BrO2/c1-11(15(18)12-5-3-2-4-6-12)16(19)13-7-9-14(17)10-8-13/h2-11,16,19H,1H3/t11-,16+/m1/s1. The number of carbonyl (C=O) groups excluding carboxylic acids is 1. The van der Waals surface area contributed by atoms with Crippen molar-refractivity contribution in [3.8, 4) is 0 Å². The molecule has 0 heterocycles. The van der Waals surface area contributed by atoms with Gasteiger partial charge >= 0.3 is 0 Å². The zero-order valence-corrected chi connectivity index (χ0v) is 12.2. The van der Waals surface area contributed by atoms with Gasteiger partial charge in [-0.15, -0.1) is 0 Å². The molecule has 0 aliphatic carbocycles. The Kier molecular flexibility index (Phi) is 4.51. The molecule has 1 N–H and O–H groups in total. The Morgan fingerprint density at radius 3 is 2.21 bits per heavy atom. The van der Waals surface area contributed by atoms with Crippen molar-refractivity contribution in [3.63, 3.8) is 0 Å². The predicted octanol–water partition coefficient (Wildman–Crippen LogP) is 4.00. The molecule has 0 aromatic heterocycles. The highest BCUT2D eigenvalue weighted by molar-refractivity contribution is 9.10. The van der Waals surface area contributed by atoms with Gasteiger partial charge in [0.15, 0.2) is 5.78 Å². The Labute approximate surface area is 121 Å². The first-order valence-electron chi connectivity index (χ1n) is 6.12. The van der Waals surface area contributed by atoms with E-state index in [4.69, 9.17) is 0 Å². The molecule has 98 valence electrons. The first kappa shape index (κ1) is 14.0. The van der Waals surface area contributed by atoms with Crippen LogP contribution in [0.3, 0.4) is 0 Å². The topological polar surface area (TPSA) is 37.3 Å². The van der Waals surface area contributed by atoms with Crippen molar-refractivity contribution in [2.24, 2.45) is 5.92 Å². The molecule has 3 heteroatoms. The first-order chi connectivity index (χ1) is 9.09. The summed E-state index contributed by atoms with van der Waals surface area (Å²) in [5.41, 5.74) is 1.38. The zero-order valence-electron chi connectivity index (χ0n) is 10.6. The fourth-order valence-electron chi connectivity index (χ4n) is 1.96. The molecule has 0 bridgehead atoms. The summed E-state index contributed by atoms with van der Waals surface area (Å²) in [5, 5.41) is 10.3. The average molecular weight is 319 g/mol.